The van der Waals surface area contributed by atoms with Gasteiger partial charge in [0.15, 0.2) is 6.29 Å². The minimum Gasteiger partial charge on any atom is -0.459 e. The standard InChI is InChI=1S/C11H20O4/c1-7-8(10(13-5)14-6)9(12)15-11(2,3)4/h7-8,10H,1H2,2-6H3. The van der Waals surface area contributed by atoms with E-state index >= 15 is 0 Å². The minimum absolute atomic E-state index is 0.397. The van der Waals surface area contributed by atoms with Crippen molar-refractivity contribution in [3.8, 4) is 0 Å². The highest BCUT2D eigenvalue weighted by Crippen LogP contribution is 2.16. The highest BCUT2D eigenvalue weighted by atomic mass is 16.7. The molecule has 4 heteroatoms. The Bertz CT molecular complexity index is 213. The molecule has 0 spiro atoms. The Morgan fingerprint density at radius 2 is 1.73 bits per heavy atom. The zero-order valence-electron chi connectivity index (χ0n) is 10.1. The zero-order valence-corrected chi connectivity index (χ0v) is 10.1. The molecule has 0 N–H and O–H groups in total. The molecule has 0 aliphatic rings. The summed E-state index contributed by atoms with van der Waals surface area (Å²) in [6.45, 7) is 8.98. The van der Waals surface area contributed by atoms with Crippen molar-refractivity contribution in [3.05, 3.63) is 12.7 Å². The van der Waals surface area contributed by atoms with Gasteiger partial charge in [-0.1, -0.05) is 6.08 Å². The van der Waals surface area contributed by atoms with E-state index in [0.29, 0.717) is 0 Å². The van der Waals surface area contributed by atoms with Crippen LogP contribution in [0.3, 0.4) is 0 Å². The lowest BCUT2D eigenvalue weighted by atomic mass is 10.1. The van der Waals surface area contributed by atoms with Crippen molar-refractivity contribution in [1.29, 1.82) is 0 Å². The lowest BCUT2D eigenvalue weighted by molar-refractivity contribution is -0.179. The average Bonchev–Trinajstić information content (AvgIpc) is 2.10. The fourth-order valence-electron chi connectivity index (χ4n) is 1.08. The Labute approximate surface area is 91.2 Å². The van der Waals surface area contributed by atoms with Gasteiger partial charge in [-0.25, -0.2) is 0 Å². The van der Waals surface area contributed by atoms with E-state index in [9.17, 15) is 4.79 Å². The van der Waals surface area contributed by atoms with Crippen LogP contribution in [0.5, 0.6) is 0 Å². The summed E-state index contributed by atoms with van der Waals surface area (Å²) in [4.78, 5) is 11.7. The molecule has 0 bridgehead atoms. The summed E-state index contributed by atoms with van der Waals surface area (Å²) in [6.07, 6.45) is 0.809. The quantitative estimate of drug-likeness (QED) is 0.399. The first-order valence-electron chi connectivity index (χ1n) is 4.76. The lowest BCUT2D eigenvalue weighted by Crippen LogP contribution is -2.35. The largest absolute Gasteiger partial charge is 0.459 e. The molecule has 0 radical (unpaired) electrons. The van der Waals surface area contributed by atoms with Crippen LogP contribution < -0.4 is 0 Å². The third-order valence-corrected chi connectivity index (χ3v) is 1.69. The molecule has 1 unspecified atom stereocenters. The normalized spacial score (nSPS) is 13.7. The van der Waals surface area contributed by atoms with Crippen molar-refractivity contribution in [2.24, 2.45) is 5.92 Å². The summed E-state index contributed by atoms with van der Waals surface area (Å²) in [6, 6.07) is 0. The van der Waals surface area contributed by atoms with Gasteiger partial charge in [-0.3, -0.25) is 4.79 Å². The predicted octanol–water partition coefficient (Wildman–Crippen LogP) is 1.75. The molecule has 0 aromatic rings. The Morgan fingerprint density at radius 3 is 2.00 bits per heavy atom. The van der Waals surface area contributed by atoms with E-state index in [1.54, 1.807) is 20.8 Å². The van der Waals surface area contributed by atoms with E-state index in [-0.39, 0.29) is 0 Å². The van der Waals surface area contributed by atoms with Crippen molar-refractivity contribution in [3.63, 3.8) is 0 Å². The average molecular weight is 216 g/mol. The summed E-state index contributed by atoms with van der Waals surface area (Å²) in [5.41, 5.74) is -0.523. The molecular formula is C11H20O4. The topological polar surface area (TPSA) is 44.8 Å². The molecule has 0 saturated carbocycles. The Kier molecular flexibility index (Phi) is 5.54. The summed E-state index contributed by atoms with van der Waals surface area (Å²) in [5, 5.41) is 0. The third-order valence-electron chi connectivity index (χ3n) is 1.69. The number of carbonyl (C=O) groups is 1. The van der Waals surface area contributed by atoms with Crippen LogP contribution in [0.1, 0.15) is 20.8 Å². The van der Waals surface area contributed by atoms with Gasteiger partial charge in [-0.15, -0.1) is 6.58 Å². The Balaban J connectivity index is 4.53. The van der Waals surface area contributed by atoms with Crippen molar-refractivity contribution < 1.29 is 19.0 Å². The molecule has 1 atom stereocenters. The van der Waals surface area contributed by atoms with Gasteiger partial charge in [0.05, 0.1) is 0 Å². The smallest absolute Gasteiger partial charge is 0.318 e. The minimum atomic E-state index is -0.655. The van der Waals surface area contributed by atoms with Gasteiger partial charge in [-0.2, -0.15) is 0 Å². The van der Waals surface area contributed by atoms with Gasteiger partial charge < -0.3 is 14.2 Å². The predicted molar refractivity (Wildman–Crippen MR) is 57.3 cm³/mol. The molecule has 0 saturated heterocycles. The van der Waals surface area contributed by atoms with Crippen molar-refractivity contribution >= 4 is 5.97 Å². The van der Waals surface area contributed by atoms with Crippen molar-refractivity contribution in [2.75, 3.05) is 14.2 Å². The number of methoxy groups -OCH3 is 2. The van der Waals surface area contributed by atoms with Crippen LogP contribution in [-0.4, -0.2) is 32.1 Å². The van der Waals surface area contributed by atoms with Crippen molar-refractivity contribution in [1.82, 2.24) is 0 Å². The van der Waals surface area contributed by atoms with Gasteiger partial charge in [0.1, 0.15) is 11.5 Å². The van der Waals surface area contributed by atoms with E-state index in [1.165, 1.54) is 20.3 Å². The molecule has 0 rings (SSSR count). The Hall–Kier alpha value is -0.870. The SMILES string of the molecule is C=CC(C(=O)OC(C)(C)C)C(OC)OC. The fourth-order valence-corrected chi connectivity index (χ4v) is 1.08. The molecule has 0 amide bonds. The molecule has 0 heterocycles. The first-order chi connectivity index (χ1) is 6.85. The molecule has 88 valence electrons. The summed E-state index contributed by atoms with van der Waals surface area (Å²) in [7, 11) is 2.93. The second kappa shape index (κ2) is 5.88. The number of hydrogen-bond donors (Lipinski definition) is 0. The van der Waals surface area contributed by atoms with Crippen LogP contribution in [0.4, 0.5) is 0 Å². The van der Waals surface area contributed by atoms with Crippen LogP contribution in [0, 0.1) is 5.92 Å². The molecule has 0 fully saturated rings. The van der Waals surface area contributed by atoms with Crippen LogP contribution in [-0.2, 0) is 19.0 Å². The second-order valence-corrected chi connectivity index (χ2v) is 4.13. The number of esters is 1. The molecule has 4 nitrogen and oxygen atoms in total. The zero-order chi connectivity index (χ0) is 12.1. The summed E-state index contributed by atoms with van der Waals surface area (Å²) in [5.74, 6) is -1.01. The van der Waals surface area contributed by atoms with Gasteiger partial charge in [0, 0.05) is 14.2 Å². The molecule has 0 aliphatic heterocycles. The van der Waals surface area contributed by atoms with Gasteiger partial charge in [-0.05, 0) is 20.8 Å². The molecule has 15 heavy (non-hydrogen) atoms. The maximum absolute atomic E-state index is 11.7. The van der Waals surface area contributed by atoms with E-state index < -0.39 is 23.8 Å². The first-order valence-corrected chi connectivity index (χ1v) is 4.76. The lowest BCUT2D eigenvalue weighted by Gasteiger charge is -2.25. The molecule has 0 aromatic heterocycles. The Morgan fingerprint density at radius 1 is 1.27 bits per heavy atom. The third kappa shape index (κ3) is 4.95. The molecule has 0 aliphatic carbocycles. The number of carbonyl (C=O) groups excluding carboxylic acids is 1. The van der Waals surface area contributed by atoms with E-state index in [4.69, 9.17) is 14.2 Å². The maximum Gasteiger partial charge on any atom is 0.318 e. The second-order valence-electron chi connectivity index (χ2n) is 4.13. The fraction of sp³-hybridized carbons (Fsp3) is 0.727. The number of hydrogen-bond acceptors (Lipinski definition) is 4. The van der Waals surface area contributed by atoms with Crippen LogP contribution in [0.15, 0.2) is 12.7 Å². The van der Waals surface area contributed by atoms with Crippen LogP contribution in [0.2, 0.25) is 0 Å². The number of rotatable bonds is 5. The van der Waals surface area contributed by atoms with E-state index in [0.717, 1.165) is 0 Å². The van der Waals surface area contributed by atoms with E-state index in [2.05, 4.69) is 6.58 Å². The van der Waals surface area contributed by atoms with Gasteiger partial charge in [0.25, 0.3) is 0 Å². The van der Waals surface area contributed by atoms with Crippen molar-refractivity contribution in [2.45, 2.75) is 32.7 Å². The highest BCUT2D eigenvalue weighted by Gasteiger charge is 2.29. The number of ether oxygens (including phenoxy) is 3. The maximum atomic E-state index is 11.7. The monoisotopic (exact) mass is 216 g/mol. The summed E-state index contributed by atoms with van der Waals surface area (Å²) >= 11 is 0. The molecule has 0 aromatic carbocycles. The van der Waals surface area contributed by atoms with Gasteiger partial charge in [0.2, 0.25) is 0 Å². The van der Waals surface area contributed by atoms with Crippen LogP contribution in [0.25, 0.3) is 0 Å². The van der Waals surface area contributed by atoms with Gasteiger partial charge >= 0.3 is 5.97 Å². The highest BCUT2D eigenvalue weighted by molar-refractivity contribution is 5.75. The van der Waals surface area contributed by atoms with Crippen LogP contribution >= 0.6 is 0 Å². The first kappa shape index (κ1) is 14.1. The summed E-state index contributed by atoms with van der Waals surface area (Å²) < 4.78 is 15.2. The van der Waals surface area contributed by atoms with E-state index in [1.807, 2.05) is 0 Å². The molecular weight excluding hydrogens is 196 g/mol.